The number of fused-ring (bicyclic) bond motifs is 1. The number of hydrogen-bond donors (Lipinski definition) is 0. The molecule has 0 bridgehead atoms. The van der Waals surface area contributed by atoms with E-state index < -0.39 is 19.7 Å². The third-order valence-electron chi connectivity index (χ3n) is 4.48. The van der Waals surface area contributed by atoms with Gasteiger partial charge in [-0.15, -0.1) is 0 Å². The standard InChI is InChI=1S/C21H26BrFN4O3Si/c1-14(2)12-30-16-8-9-24-20-18(16)27(17-7-6-15(22)19(23)25-17)21(28)26(20)13-29-10-11-31(3,4)5/h6-9H,1,10-13H2,2-5H3. The molecule has 0 aliphatic heterocycles. The van der Waals surface area contributed by atoms with E-state index >= 15 is 0 Å². The largest absolute Gasteiger partial charge is 0.487 e. The Balaban J connectivity index is 2.11. The van der Waals surface area contributed by atoms with Gasteiger partial charge in [0.1, 0.15) is 30.4 Å². The van der Waals surface area contributed by atoms with Crippen molar-refractivity contribution in [3.05, 3.63) is 57.5 Å². The number of ether oxygens (including phenoxy) is 2. The van der Waals surface area contributed by atoms with Gasteiger partial charge in [-0.1, -0.05) is 26.2 Å². The molecular formula is C21H26BrFN4O3Si. The van der Waals surface area contributed by atoms with Crippen LogP contribution in [0.15, 0.2) is 45.8 Å². The molecule has 3 aromatic heterocycles. The molecule has 0 aromatic carbocycles. The smallest absolute Gasteiger partial charge is 0.338 e. The second-order valence-electron chi connectivity index (χ2n) is 8.56. The van der Waals surface area contributed by atoms with Crippen molar-refractivity contribution < 1.29 is 13.9 Å². The lowest BCUT2D eigenvalue weighted by molar-refractivity contribution is 0.0871. The van der Waals surface area contributed by atoms with Crippen LogP contribution in [0.4, 0.5) is 4.39 Å². The molecule has 7 nitrogen and oxygen atoms in total. The highest BCUT2D eigenvalue weighted by Gasteiger charge is 2.22. The zero-order valence-electron chi connectivity index (χ0n) is 18.1. The minimum Gasteiger partial charge on any atom is -0.487 e. The number of nitrogens with zero attached hydrogens (tertiary/aromatic N) is 4. The van der Waals surface area contributed by atoms with Crippen LogP contribution in [-0.2, 0) is 11.5 Å². The molecule has 0 radical (unpaired) electrons. The minimum absolute atomic E-state index is 0.0305. The fourth-order valence-electron chi connectivity index (χ4n) is 2.85. The van der Waals surface area contributed by atoms with Gasteiger partial charge >= 0.3 is 5.69 Å². The van der Waals surface area contributed by atoms with Crippen LogP contribution < -0.4 is 10.4 Å². The van der Waals surface area contributed by atoms with Crippen molar-refractivity contribution in [1.82, 2.24) is 19.1 Å². The maximum absolute atomic E-state index is 14.2. The highest BCUT2D eigenvalue weighted by Crippen LogP contribution is 2.27. The molecule has 0 aliphatic rings. The highest BCUT2D eigenvalue weighted by molar-refractivity contribution is 9.10. The van der Waals surface area contributed by atoms with Gasteiger partial charge < -0.3 is 9.47 Å². The summed E-state index contributed by atoms with van der Waals surface area (Å²) in [7, 11) is -1.27. The molecule has 0 aliphatic carbocycles. The molecule has 3 heterocycles. The number of hydrogen-bond acceptors (Lipinski definition) is 5. The van der Waals surface area contributed by atoms with Gasteiger partial charge in [0.2, 0.25) is 5.95 Å². The third kappa shape index (κ3) is 5.49. The number of rotatable bonds is 9. The summed E-state index contributed by atoms with van der Waals surface area (Å²) in [5.74, 6) is -0.161. The van der Waals surface area contributed by atoms with Crippen molar-refractivity contribution in [3.63, 3.8) is 0 Å². The van der Waals surface area contributed by atoms with Crippen LogP contribution in [0.5, 0.6) is 5.75 Å². The zero-order valence-corrected chi connectivity index (χ0v) is 20.7. The molecule has 0 atom stereocenters. The molecule has 0 amide bonds. The number of aromatic nitrogens is 4. The summed E-state index contributed by atoms with van der Waals surface area (Å²) in [4.78, 5) is 21.6. The van der Waals surface area contributed by atoms with Gasteiger partial charge in [0.25, 0.3) is 0 Å². The Morgan fingerprint density at radius 1 is 1.29 bits per heavy atom. The lowest BCUT2D eigenvalue weighted by Gasteiger charge is -2.15. The number of halogens is 2. The summed E-state index contributed by atoms with van der Waals surface area (Å²) >= 11 is 3.10. The molecule has 0 spiro atoms. The summed E-state index contributed by atoms with van der Waals surface area (Å²) < 4.78 is 28.7. The van der Waals surface area contributed by atoms with E-state index in [2.05, 4.69) is 52.1 Å². The van der Waals surface area contributed by atoms with Crippen molar-refractivity contribution in [1.29, 1.82) is 0 Å². The summed E-state index contributed by atoms with van der Waals surface area (Å²) in [6.07, 6.45) is 1.56. The van der Waals surface area contributed by atoms with Gasteiger partial charge in [-0.05, 0) is 46.6 Å². The van der Waals surface area contributed by atoms with Crippen molar-refractivity contribution in [2.24, 2.45) is 0 Å². The average Bonchev–Trinajstić information content (AvgIpc) is 2.97. The lowest BCUT2D eigenvalue weighted by Crippen LogP contribution is -2.26. The Kier molecular flexibility index (Phi) is 7.12. The SMILES string of the molecule is C=C(C)COc1ccnc2c1n(-c1ccc(Br)c(F)n1)c(=O)n2COCC[Si](C)(C)C. The van der Waals surface area contributed by atoms with Gasteiger partial charge in [-0.3, -0.25) is 4.57 Å². The Morgan fingerprint density at radius 3 is 2.68 bits per heavy atom. The molecule has 3 aromatic rings. The second kappa shape index (κ2) is 9.45. The highest BCUT2D eigenvalue weighted by atomic mass is 79.9. The van der Waals surface area contributed by atoms with E-state index in [1.165, 1.54) is 15.2 Å². The first-order chi connectivity index (χ1) is 14.6. The summed E-state index contributed by atoms with van der Waals surface area (Å²) in [5, 5.41) is 0. The van der Waals surface area contributed by atoms with E-state index in [0.717, 1.165) is 11.6 Å². The van der Waals surface area contributed by atoms with Crippen molar-refractivity contribution in [3.8, 4) is 11.6 Å². The Hall–Kier alpha value is -2.30. The molecule has 166 valence electrons. The van der Waals surface area contributed by atoms with Crippen LogP contribution >= 0.6 is 15.9 Å². The molecule has 3 rings (SSSR count). The third-order valence-corrected chi connectivity index (χ3v) is 6.77. The maximum Gasteiger partial charge on any atom is 0.338 e. The number of pyridine rings is 2. The van der Waals surface area contributed by atoms with Crippen LogP contribution in [0, 0.1) is 5.95 Å². The molecule has 31 heavy (non-hydrogen) atoms. The zero-order chi connectivity index (χ0) is 22.8. The van der Waals surface area contributed by atoms with Crippen molar-refractivity contribution >= 4 is 35.2 Å². The van der Waals surface area contributed by atoms with Gasteiger partial charge in [0.05, 0.1) is 4.47 Å². The lowest BCUT2D eigenvalue weighted by atomic mass is 10.3. The molecule has 10 heteroatoms. The first-order valence-electron chi connectivity index (χ1n) is 9.86. The second-order valence-corrected chi connectivity index (χ2v) is 15.0. The topological polar surface area (TPSA) is 71.2 Å². The molecule has 0 saturated heterocycles. The molecule has 0 saturated carbocycles. The van der Waals surface area contributed by atoms with Gasteiger partial charge in [-0.2, -0.15) is 4.39 Å². The number of imidazole rings is 1. The predicted octanol–water partition coefficient (Wildman–Crippen LogP) is 4.75. The van der Waals surface area contributed by atoms with Gasteiger partial charge in [0, 0.05) is 26.9 Å². The van der Waals surface area contributed by atoms with Crippen LogP contribution in [0.3, 0.4) is 0 Å². The van der Waals surface area contributed by atoms with Crippen LogP contribution in [0.1, 0.15) is 6.92 Å². The van der Waals surface area contributed by atoms with E-state index in [-0.39, 0.29) is 23.6 Å². The fraction of sp³-hybridized carbons (Fsp3) is 0.381. The van der Waals surface area contributed by atoms with Crippen molar-refractivity contribution in [2.45, 2.75) is 39.3 Å². The van der Waals surface area contributed by atoms with Gasteiger partial charge in [-0.25, -0.2) is 19.3 Å². The summed E-state index contributed by atoms with van der Waals surface area (Å²) in [6.45, 7) is 13.3. The van der Waals surface area contributed by atoms with E-state index in [9.17, 15) is 9.18 Å². The van der Waals surface area contributed by atoms with E-state index in [1.54, 1.807) is 18.3 Å². The normalized spacial score (nSPS) is 11.8. The molecular weight excluding hydrogens is 483 g/mol. The van der Waals surface area contributed by atoms with Crippen molar-refractivity contribution in [2.75, 3.05) is 13.2 Å². The van der Waals surface area contributed by atoms with E-state index in [1.807, 2.05) is 6.92 Å². The van der Waals surface area contributed by atoms with E-state index in [4.69, 9.17) is 9.47 Å². The maximum atomic E-state index is 14.2. The Labute approximate surface area is 189 Å². The van der Waals surface area contributed by atoms with E-state index in [0.29, 0.717) is 23.5 Å². The Bertz CT molecular complexity index is 1170. The first-order valence-corrected chi connectivity index (χ1v) is 14.4. The fourth-order valence-corrected chi connectivity index (χ4v) is 3.83. The predicted molar refractivity (Wildman–Crippen MR) is 125 cm³/mol. The first kappa shape index (κ1) is 23.4. The molecule has 0 unspecified atom stereocenters. The minimum atomic E-state index is -1.27. The summed E-state index contributed by atoms with van der Waals surface area (Å²) in [6, 6.07) is 5.69. The Morgan fingerprint density at radius 2 is 2.03 bits per heavy atom. The van der Waals surface area contributed by atoms with Crippen LogP contribution in [0.25, 0.3) is 17.0 Å². The van der Waals surface area contributed by atoms with Crippen LogP contribution in [-0.4, -0.2) is 40.4 Å². The summed E-state index contributed by atoms with van der Waals surface area (Å²) in [5.41, 5.74) is 1.16. The van der Waals surface area contributed by atoms with Crippen LogP contribution in [0.2, 0.25) is 25.7 Å². The molecule has 0 fully saturated rings. The quantitative estimate of drug-likeness (QED) is 0.180. The van der Waals surface area contributed by atoms with Gasteiger partial charge in [0.15, 0.2) is 5.65 Å². The monoisotopic (exact) mass is 508 g/mol. The molecule has 0 N–H and O–H groups in total. The average molecular weight is 509 g/mol.